The summed E-state index contributed by atoms with van der Waals surface area (Å²) in [6, 6.07) is 4.65. The fourth-order valence-corrected chi connectivity index (χ4v) is 3.54. The Morgan fingerprint density at radius 2 is 1.79 bits per heavy atom. The van der Waals surface area contributed by atoms with E-state index in [-0.39, 0.29) is 5.69 Å². The molecule has 0 atom stereocenters. The molecular formula is C19H24F3N5O2. The topological polar surface area (TPSA) is 67.4 Å². The van der Waals surface area contributed by atoms with Crippen LogP contribution in [0.2, 0.25) is 0 Å². The number of aromatic nitrogens is 2. The number of nitro benzene ring substituents is 1. The molecule has 1 saturated heterocycles. The van der Waals surface area contributed by atoms with Crippen LogP contribution < -0.4 is 4.90 Å². The third kappa shape index (κ3) is 5.69. The molecule has 0 aliphatic carbocycles. The fourth-order valence-electron chi connectivity index (χ4n) is 3.54. The van der Waals surface area contributed by atoms with Crippen LogP contribution in [0, 0.1) is 10.1 Å². The molecule has 10 heteroatoms. The summed E-state index contributed by atoms with van der Waals surface area (Å²) in [5.41, 5.74) is -1.24. The molecule has 2 aromatic rings. The number of nitro groups is 1. The predicted octanol–water partition coefficient (Wildman–Crippen LogP) is 3.80. The lowest BCUT2D eigenvalue weighted by atomic mass is 10.1. The van der Waals surface area contributed by atoms with Crippen LogP contribution in [0.3, 0.4) is 0 Å². The minimum Gasteiger partial charge on any atom is -0.363 e. The SMILES string of the molecule is O=[N+]([O-])c1cc(C(F)(F)F)ccc1N1CCN(CCCCCn2cccn2)CC1. The van der Waals surface area contributed by atoms with Crippen molar-refractivity contribution in [2.75, 3.05) is 37.6 Å². The standard InChI is InChI=1S/C19H24F3N5O2/c20-19(21,22)16-5-6-17(18(15-16)27(28)29)25-13-11-24(12-14-25)8-2-1-3-9-26-10-4-7-23-26/h4-7,10,15H,1-3,8-9,11-14H2. The molecule has 0 unspecified atom stereocenters. The van der Waals surface area contributed by atoms with Crippen molar-refractivity contribution in [2.24, 2.45) is 0 Å². The summed E-state index contributed by atoms with van der Waals surface area (Å²) in [6.07, 6.45) is 2.31. The highest BCUT2D eigenvalue weighted by Crippen LogP contribution is 2.36. The van der Waals surface area contributed by atoms with E-state index in [2.05, 4.69) is 10.00 Å². The van der Waals surface area contributed by atoms with Gasteiger partial charge >= 0.3 is 6.18 Å². The molecule has 2 heterocycles. The molecule has 1 aromatic carbocycles. The molecule has 7 nitrogen and oxygen atoms in total. The molecular weight excluding hydrogens is 387 g/mol. The number of hydrogen-bond acceptors (Lipinski definition) is 5. The molecule has 0 N–H and O–H groups in total. The van der Waals surface area contributed by atoms with Gasteiger partial charge in [-0.05, 0) is 37.6 Å². The minimum atomic E-state index is -4.60. The van der Waals surface area contributed by atoms with E-state index >= 15 is 0 Å². The Kier molecular flexibility index (Phi) is 6.73. The first-order valence-electron chi connectivity index (χ1n) is 9.65. The monoisotopic (exact) mass is 411 g/mol. The first-order valence-corrected chi connectivity index (χ1v) is 9.65. The highest BCUT2D eigenvalue weighted by Gasteiger charge is 2.34. The molecule has 0 bridgehead atoms. The summed E-state index contributed by atoms with van der Waals surface area (Å²) in [7, 11) is 0. The number of nitrogens with zero attached hydrogens (tertiary/aromatic N) is 5. The zero-order valence-electron chi connectivity index (χ0n) is 16.0. The van der Waals surface area contributed by atoms with E-state index in [0.717, 1.165) is 51.5 Å². The van der Waals surface area contributed by atoms with Crippen molar-refractivity contribution in [3.8, 4) is 0 Å². The van der Waals surface area contributed by atoms with Gasteiger partial charge in [0.15, 0.2) is 0 Å². The van der Waals surface area contributed by atoms with Crippen molar-refractivity contribution in [1.29, 1.82) is 0 Å². The zero-order chi connectivity index (χ0) is 20.9. The number of aryl methyl sites for hydroxylation is 1. The Labute approximate surface area is 166 Å². The first-order chi connectivity index (χ1) is 13.8. The van der Waals surface area contributed by atoms with E-state index in [1.54, 1.807) is 11.1 Å². The molecule has 0 radical (unpaired) electrons. The number of piperazine rings is 1. The third-order valence-electron chi connectivity index (χ3n) is 5.13. The Hall–Kier alpha value is -2.62. The van der Waals surface area contributed by atoms with Gasteiger partial charge < -0.3 is 4.90 Å². The highest BCUT2D eigenvalue weighted by molar-refractivity contribution is 5.65. The lowest BCUT2D eigenvalue weighted by Crippen LogP contribution is -2.46. The number of unbranched alkanes of at least 4 members (excludes halogenated alkanes) is 2. The van der Waals surface area contributed by atoms with Crippen LogP contribution in [0.5, 0.6) is 0 Å². The van der Waals surface area contributed by atoms with Gasteiger partial charge in [0, 0.05) is 51.2 Å². The van der Waals surface area contributed by atoms with Crippen LogP contribution in [0.25, 0.3) is 0 Å². The van der Waals surface area contributed by atoms with Crippen molar-refractivity contribution in [1.82, 2.24) is 14.7 Å². The number of benzene rings is 1. The van der Waals surface area contributed by atoms with Crippen LogP contribution in [0.4, 0.5) is 24.5 Å². The van der Waals surface area contributed by atoms with E-state index < -0.39 is 22.4 Å². The highest BCUT2D eigenvalue weighted by atomic mass is 19.4. The summed E-state index contributed by atoms with van der Waals surface area (Å²) in [5, 5.41) is 15.5. The van der Waals surface area contributed by atoms with Gasteiger partial charge in [-0.15, -0.1) is 0 Å². The molecule has 1 aliphatic heterocycles. The maximum absolute atomic E-state index is 12.9. The molecule has 158 valence electrons. The van der Waals surface area contributed by atoms with Gasteiger partial charge in [-0.2, -0.15) is 18.3 Å². The molecule has 1 fully saturated rings. The maximum Gasteiger partial charge on any atom is 0.416 e. The van der Waals surface area contributed by atoms with Crippen LogP contribution in [0.1, 0.15) is 24.8 Å². The zero-order valence-corrected chi connectivity index (χ0v) is 16.0. The van der Waals surface area contributed by atoms with E-state index in [1.807, 2.05) is 16.9 Å². The second-order valence-electron chi connectivity index (χ2n) is 7.12. The summed E-state index contributed by atoms with van der Waals surface area (Å²) in [5.74, 6) is 0. The van der Waals surface area contributed by atoms with Gasteiger partial charge in [-0.1, -0.05) is 6.42 Å². The Bertz CT molecular complexity index is 803. The normalized spacial score (nSPS) is 15.6. The van der Waals surface area contributed by atoms with Gasteiger partial charge in [0.2, 0.25) is 0 Å². The maximum atomic E-state index is 12.9. The molecule has 0 saturated carbocycles. The number of hydrogen-bond donors (Lipinski definition) is 0. The minimum absolute atomic E-state index is 0.252. The Morgan fingerprint density at radius 1 is 1.07 bits per heavy atom. The van der Waals surface area contributed by atoms with Crippen molar-refractivity contribution in [3.05, 3.63) is 52.3 Å². The van der Waals surface area contributed by atoms with E-state index in [9.17, 15) is 23.3 Å². The lowest BCUT2D eigenvalue weighted by Gasteiger charge is -2.35. The Balaban J connectivity index is 1.48. The molecule has 0 amide bonds. The quantitative estimate of drug-likeness (QED) is 0.376. The van der Waals surface area contributed by atoms with E-state index in [0.29, 0.717) is 19.2 Å². The molecule has 0 spiro atoms. The van der Waals surface area contributed by atoms with Gasteiger partial charge in [0.1, 0.15) is 5.69 Å². The molecule has 1 aromatic heterocycles. The van der Waals surface area contributed by atoms with Gasteiger partial charge in [0.25, 0.3) is 5.69 Å². The summed E-state index contributed by atoms with van der Waals surface area (Å²) >= 11 is 0. The molecule has 1 aliphatic rings. The van der Waals surface area contributed by atoms with Crippen molar-refractivity contribution >= 4 is 11.4 Å². The number of anilines is 1. The number of halogens is 3. The predicted molar refractivity (Wildman–Crippen MR) is 103 cm³/mol. The largest absolute Gasteiger partial charge is 0.416 e. The Morgan fingerprint density at radius 3 is 2.41 bits per heavy atom. The van der Waals surface area contributed by atoms with E-state index in [4.69, 9.17) is 0 Å². The summed E-state index contributed by atoms with van der Waals surface area (Å²) in [4.78, 5) is 14.6. The van der Waals surface area contributed by atoms with Crippen molar-refractivity contribution < 1.29 is 18.1 Å². The van der Waals surface area contributed by atoms with Crippen molar-refractivity contribution in [2.45, 2.75) is 32.0 Å². The second-order valence-corrected chi connectivity index (χ2v) is 7.12. The van der Waals surface area contributed by atoms with Crippen LogP contribution in [-0.2, 0) is 12.7 Å². The number of rotatable bonds is 8. The number of alkyl halides is 3. The van der Waals surface area contributed by atoms with Crippen molar-refractivity contribution in [3.63, 3.8) is 0 Å². The first kappa shape index (κ1) is 21.1. The van der Waals surface area contributed by atoms with E-state index in [1.165, 1.54) is 6.07 Å². The van der Waals surface area contributed by atoms with Crippen LogP contribution >= 0.6 is 0 Å². The van der Waals surface area contributed by atoms with Gasteiger partial charge in [-0.25, -0.2) is 0 Å². The second kappa shape index (κ2) is 9.25. The summed E-state index contributed by atoms with van der Waals surface area (Å²) < 4.78 is 40.5. The van der Waals surface area contributed by atoms with Crippen LogP contribution in [0.15, 0.2) is 36.7 Å². The lowest BCUT2D eigenvalue weighted by molar-refractivity contribution is -0.384. The van der Waals surface area contributed by atoms with Gasteiger partial charge in [-0.3, -0.25) is 19.7 Å². The molecule has 29 heavy (non-hydrogen) atoms. The smallest absolute Gasteiger partial charge is 0.363 e. The van der Waals surface area contributed by atoms with Crippen LogP contribution in [-0.4, -0.2) is 52.3 Å². The van der Waals surface area contributed by atoms with Gasteiger partial charge in [0.05, 0.1) is 10.5 Å². The molecule has 3 rings (SSSR count). The third-order valence-corrected chi connectivity index (χ3v) is 5.13. The fraction of sp³-hybridized carbons (Fsp3) is 0.526. The average Bonchev–Trinajstić information content (AvgIpc) is 3.20. The average molecular weight is 411 g/mol. The summed E-state index contributed by atoms with van der Waals surface area (Å²) in [6.45, 7) is 4.42.